The number of hydrogen-bond acceptors (Lipinski definition) is 5. The van der Waals surface area contributed by atoms with Gasteiger partial charge in [0.05, 0.1) is 23.2 Å². The van der Waals surface area contributed by atoms with E-state index in [0.717, 1.165) is 6.07 Å². The van der Waals surface area contributed by atoms with Crippen LogP contribution >= 0.6 is 0 Å². The molecule has 1 aliphatic heterocycles. The molecule has 2 N–H and O–H groups in total. The zero-order chi connectivity index (χ0) is 19.9. The van der Waals surface area contributed by atoms with Crippen molar-refractivity contribution in [2.24, 2.45) is 0 Å². The van der Waals surface area contributed by atoms with E-state index in [1.165, 1.54) is 12.4 Å². The molecule has 9 heteroatoms. The van der Waals surface area contributed by atoms with E-state index in [4.69, 9.17) is 4.74 Å². The lowest BCUT2D eigenvalue weighted by atomic mass is 10.1. The maximum atomic E-state index is 13.8. The maximum Gasteiger partial charge on any atom is 0.418 e. The third-order valence-corrected chi connectivity index (χ3v) is 4.68. The molecule has 0 spiro atoms. The Labute approximate surface area is 159 Å². The molecule has 0 amide bonds. The molecule has 1 aromatic carbocycles. The Morgan fingerprint density at radius 3 is 2.61 bits per heavy atom. The summed E-state index contributed by atoms with van der Waals surface area (Å²) in [5.41, 5.74) is 0.404. The van der Waals surface area contributed by atoms with Crippen molar-refractivity contribution >= 4 is 28.2 Å². The van der Waals surface area contributed by atoms with E-state index in [9.17, 15) is 13.2 Å². The fourth-order valence-corrected chi connectivity index (χ4v) is 3.60. The molecule has 4 rings (SSSR count). The standard InChI is InChI=1S/C19H20F3N5O/c1-11-8-27(9-12(2)28-11)16-4-3-13(7-15(16)19(20,21)22)26-18-14-5-6-23-17(14)24-10-25-18/h3-7,10-12H,8-9H2,1-2H3,(H2,23,24,25,26). The molecule has 0 aliphatic carbocycles. The lowest BCUT2D eigenvalue weighted by Crippen LogP contribution is -2.46. The maximum absolute atomic E-state index is 13.8. The van der Waals surface area contributed by atoms with Gasteiger partial charge in [-0.1, -0.05) is 0 Å². The highest BCUT2D eigenvalue weighted by Crippen LogP contribution is 2.39. The van der Waals surface area contributed by atoms with E-state index in [2.05, 4.69) is 20.3 Å². The van der Waals surface area contributed by atoms with Gasteiger partial charge in [0, 0.05) is 30.7 Å². The van der Waals surface area contributed by atoms with Crippen LogP contribution in [-0.4, -0.2) is 40.2 Å². The molecule has 1 aliphatic rings. The van der Waals surface area contributed by atoms with Crippen molar-refractivity contribution in [2.75, 3.05) is 23.3 Å². The van der Waals surface area contributed by atoms with Crippen molar-refractivity contribution in [3.63, 3.8) is 0 Å². The Kier molecular flexibility index (Phi) is 4.62. The molecule has 1 fully saturated rings. The molecule has 28 heavy (non-hydrogen) atoms. The molecule has 0 bridgehead atoms. The van der Waals surface area contributed by atoms with Gasteiger partial charge in [0.1, 0.15) is 17.8 Å². The minimum absolute atomic E-state index is 0.134. The first kappa shape index (κ1) is 18.5. The molecule has 148 valence electrons. The second kappa shape index (κ2) is 6.97. The number of aromatic nitrogens is 3. The minimum Gasteiger partial charge on any atom is -0.372 e. The van der Waals surface area contributed by atoms with Gasteiger partial charge in [-0.25, -0.2) is 9.97 Å². The van der Waals surface area contributed by atoms with Crippen molar-refractivity contribution in [3.8, 4) is 0 Å². The molecule has 6 nitrogen and oxygen atoms in total. The lowest BCUT2D eigenvalue weighted by molar-refractivity contribution is -0.137. The summed E-state index contributed by atoms with van der Waals surface area (Å²) in [6.45, 7) is 4.55. The van der Waals surface area contributed by atoms with E-state index in [1.807, 2.05) is 13.8 Å². The van der Waals surface area contributed by atoms with Crippen LogP contribution in [0.3, 0.4) is 0 Å². The van der Waals surface area contributed by atoms with Crippen LogP contribution in [0.2, 0.25) is 0 Å². The predicted octanol–water partition coefficient (Wildman–Crippen LogP) is 4.33. The van der Waals surface area contributed by atoms with Crippen molar-refractivity contribution < 1.29 is 17.9 Å². The van der Waals surface area contributed by atoms with Gasteiger partial charge in [-0.05, 0) is 38.1 Å². The Bertz CT molecular complexity index is 977. The summed E-state index contributed by atoms with van der Waals surface area (Å²) in [6, 6.07) is 6.04. The van der Waals surface area contributed by atoms with Crippen LogP contribution in [0.5, 0.6) is 0 Å². The molecule has 3 aromatic rings. The SMILES string of the molecule is CC1CN(c2ccc(Nc3ncnc4[nH]ccc34)cc2C(F)(F)F)CC(C)O1. The number of nitrogens with one attached hydrogen (secondary N) is 2. The first-order valence-electron chi connectivity index (χ1n) is 8.98. The topological polar surface area (TPSA) is 66.1 Å². The van der Waals surface area contributed by atoms with Crippen LogP contribution in [0.1, 0.15) is 19.4 Å². The average Bonchev–Trinajstić information content (AvgIpc) is 3.10. The second-order valence-electron chi connectivity index (χ2n) is 6.98. The Balaban J connectivity index is 1.70. The van der Waals surface area contributed by atoms with Crippen molar-refractivity contribution in [2.45, 2.75) is 32.2 Å². The summed E-state index contributed by atoms with van der Waals surface area (Å²) in [6.07, 6.45) is -1.69. The molecule has 3 heterocycles. The zero-order valence-corrected chi connectivity index (χ0v) is 15.4. The number of aromatic amines is 1. The predicted molar refractivity (Wildman–Crippen MR) is 101 cm³/mol. The minimum atomic E-state index is -4.48. The van der Waals surface area contributed by atoms with E-state index in [-0.39, 0.29) is 17.9 Å². The van der Waals surface area contributed by atoms with Crippen LogP contribution in [0.25, 0.3) is 11.0 Å². The molecular weight excluding hydrogens is 371 g/mol. The molecular formula is C19H20F3N5O. The first-order valence-corrected chi connectivity index (χ1v) is 8.98. The number of halogens is 3. The van der Waals surface area contributed by atoms with E-state index in [1.54, 1.807) is 23.2 Å². The van der Waals surface area contributed by atoms with Gasteiger partial charge in [0.2, 0.25) is 0 Å². The smallest absolute Gasteiger partial charge is 0.372 e. The van der Waals surface area contributed by atoms with Crippen molar-refractivity contribution in [3.05, 3.63) is 42.4 Å². The van der Waals surface area contributed by atoms with Crippen LogP contribution < -0.4 is 10.2 Å². The summed E-state index contributed by atoms with van der Waals surface area (Å²) in [5.74, 6) is 0.445. The summed E-state index contributed by atoms with van der Waals surface area (Å²) in [4.78, 5) is 12.9. The fourth-order valence-electron chi connectivity index (χ4n) is 3.60. The average molecular weight is 391 g/mol. The Morgan fingerprint density at radius 1 is 1.14 bits per heavy atom. The van der Waals surface area contributed by atoms with E-state index in [0.29, 0.717) is 35.6 Å². The van der Waals surface area contributed by atoms with Gasteiger partial charge in [-0.15, -0.1) is 0 Å². The van der Waals surface area contributed by atoms with Crippen LogP contribution in [0.4, 0.5) is 30.4 Å². The summed E-state index contributed by atoms with van der Waals surface area (Å²) in [7, 11) is 0. The number of hydrogen-bond donors (Lipinski definition) is 2. The fraction of sp³-hybridized carbons (Fsp3) is 0.368. The van der Waals surface area contributed by atoms with E-state index >= 15 is 0 Å². The van der Waals surface area contributed by atoms with Gasteiger partial charge in [-0.2, -0.15) is 13.2 Å². The van der Waals surface area contributed by atoms with Crippen LogP contribution in [-0.2, 0) is 10.9 Å². The number of rotatable bonds is 3. The molecule has 1 saturated heterocycles. The van der Waals surface area contributed by atoms with E-state index < -0.39 is 11.7 Å². The van der Waals surface area contributed by atoms with Gasteiger partial charge in [0.15, 0.2) is 0 Å². The normalized spacial score (nSPS) is 20.5. The molecule has 2 unspecified atom stereocenters. The summed E-state index contributed by atoms with van der Waals surface area (Å²) in [5, 5.41) is 3.68. The largest absolute Gasteiger partial charge is 0.418 e. The number of alkyl halides is 3. The third-order valence-electron chi connectivity index (χ3n) is 4.68. The zero-order valence-electron chi connectivity index (χ0n) is 15.4. The third kappa shape index (κ3) is 3.62. The Morgan fingerprint density at radius 2 is 1.89 bits per heavy atom. The first-order chi connectivity index (χ1) is 13.3. The summed E-state index contributed by atoms with van der Waals surface area (Å²) >= 11 is 0. The Hall–Kier alpha value is -2.81. The van der Waals surface area contributed by atoms with Gasteiger partial charge >= 0.3 is 6.18 Å². The van der Waals surface area contributed by atoms with Gasteiger partial charge < -0.3 is 19.9 Å². The molecule has 0 radical (unpaired) electrons. The van der Waals surface area contributed by atoms with Gasteiger partial charge in [0.25, 0.3) is 0 Å². The highest BCUT2D eigenvalue weighted by molar-refractivity contribution is 5.88. The number of ether oxygens (including phenoxy) is 1. The molecule has 0 saturated carbocycles. The number of nitrogens with zero attached hydrogens (tertiary/aromatic N) is 3. The lowest BCUT2D eigenvalue weighted by Gasteiger charge is -2.38. The number of H-pyrrole nitrogens is 1. The number of fused-ring (bicyclic) bond motifs is 1. The van der Waals surface area contributed by atoms with Gasteiger partial charge in [-0.3, -0.25) is 0 Å². The highest BCUT2D eigenvalue weighted by atomic mass is 19.4. The van der Waals surface area contributed by atoms with Crippen LogP contribution in [0, 0.1) is 0 Å². The second-order valence-corrected chi connectivity index (χ2v) is 6.98. The number of anilines is 3. The summed E-state index contributed by atoms with van der Waals surface area (Å²) < 4.78 is 47.1. The quantitative estimate of drug-likeness (QED) is 0.696. The van der Waals surface area contributed by atoms with Crippen molar-refractivity contribution in [1.82, 2.24) is 15.0 Å². The molecule has 2 aromatic heterocycles. The number of benzene rings is 1. The van der Waals surface area contributed by atoms with Crippen molar-refractivity contribution in [1.29, 1.82) is 0 Å². The van der Waals surface area contributed by atoms with Crippen LogP contribution in [0.15, 0.2) is 36.8 Å². The number of morpholine rings is 1. The highest BCUT2D eigenvalue weighted by Gasteiger charge is 2.36. The molecule has 2 atom stereocenters. The monoisotopic (exact) mass is 391 g/mol.